The fourth-order valence-corrected chi connectivity index (χ4v) is 2.84. The summed E-state index contributed by atoms with van der Waals surface area (Å²) in [6, 6.07) is 8.87. The minimum Gasteiger partial charge on any atom is -0.492 e. The molecule has 4 rings (SSSR count). The van der Waals surface area contributed by atoms with Gasteiger partial charge in [0.05, 0.1) is 0 Å². The monoisotopic (exact) mass is 237 g/mol. The summed E-state index contributed by atoms with van der Waals surface area (Å²) in [6.45, 7) is 0.772. The average molecular weight is 238 g/mol. The van der Waals surface area contributed by atoms with E-state index in [4.69, 9.17) is 16.3 Å². The quantitative estimate of drug-likeness (QED) is 0.873. The molecule has 1 aromatic carbocycles. The van der Waals surface area contributed by atoms with Gasteiger partial charge in [-0.15, -0.1) is 0 Å². The van der Waals surface area contributed by atoms with Gasteiger partial charge in [-0.3, -0.25) is 0 Å². The Bertz CT molecular complexity index is 349. The lowest BCUT2D eigenvalue weighted by Gasteiger charge is -2.46. The fourth-order valence-electron chi connectivity index (χ4n) is 2.71. The second-order valence-corrected chi connectivity index (χ2v) is 5.34. The van der Waals surface area contributed by atoms with Crippen molar-refractivity contribution >= 4 is 11.6 Å². The highest BCUT2D eigenvalue weighted by Gasteiger charge is 2.37. The number of ether oxygens (including phenoxy) is 1. The van der Waals surface area contributed by atoms with Gasteiger partial charge in [-0.25, -0.2) is 0 Å². The molecular formula is C13H16ClNO. The maximum atomic E-state index is 5.82. The normalized spacial score (nSPS) is 31.9. The van der Waals surface area contributed by atoms with Gasteiger partial charge in [0.2, 0.25) is 0 Å². The molecule has 2 aliphatic heterocycles. The van der Waals surface area contributed by atoms with Crippen molar-refractivity contribution in [2.24, 2.45) is 5.92 Å². The molecule has 0 spiro atoms. The molecule has 2 saturated heterocycles. The van der Waals surface area contributed by atoms with Crippen molar-refractivity contribution in [3.05, 3.63) is 29.3 Å². The standard InChI is InChI=1S/C13H16ClNO/c14-10-1-3-13(4-2-10)16-8-12-7-9-5-11(6-9)15-12/h1-4,9,11-12,15H,5-8H2. The van der Waals surface area contributed by atoms with E-state index in [0.29, 0.717) is 6.04 Å². The summed E-state index contributed by atoms with van der Waals surface area (Å²) in [5.41, 5.74) is 0. The highest BCUT2D eigenvalue weighted by atomic mass is 35.5. The molecule has 1 N–H and O–H groups in total. The largest absolute Gasteiger partial charge is 0.492 e. The fraction of sp³-hybridized carbons (Fsp3) is 0.538. The number of hydrogen-bond donors (Lipinski definition) is 1. The summed E-state index contributed by atoms with van der Waals surface area (Å²) >= 11 is 5.82. The Kier molecular flexibility index (Phi) is 2.78. The number of halogens is 1. The second kappa shape index (κ2) is 4.27. The van der Waals surface area contributed by atoms with Gasteiger partial charge in [-0.1, -0.05) is 11.6 Å². The predicted molar refractivity (Wildman–Crippen MR) is 65.0 cm³/mol. The molecule has 0 aromatic heterocycles. The van der Waals surface area contributed by atoms with Crippen molar-refractivity contribution < 1.29 is 4.74 Å². The number of fused-ring (bicyclic) bond motifs is 2. The molecule has 2 nitrogen and oxygen atoms in total. The van der Waals surface area contributed by atoms with Crippen LogP contribution in [0.2, 0.25) is 5.02 Å². The average Bonchev–Trinajstić information content (AvgIpc) is 2.28. The predicted octanol–water partition coefficient (Wildman–Crippen LogP) is 2.86. The lowest BCUT2D eigenvalue weighted by molar-refractivity contribution is 0.0900. The highest BCUT2D eigenvalue weighted by molar-refractivity contribution is 6.30. The SMILES string of the molecule is Clc1ccc(OCC2CC3CC(C3)N2)cc1. The van der Waals surface area contributed by atoms with Gasteiger partial charge >= 0.3 is 0 Å². The van der Waals surface area contributed by atoms with Crippen LogP contribution >= 0.6 is 11.6 Å². The van der Waals surface area contributed by atoms with Crippen LogP contribution in [-0.2, 0) is 0 Å². The van der Waals surface area contributed by atoms with Crippen molar-refractivity contribution in [2.45, 2.75) is 31.3 Å². The summed E-state index contributed by atoms with van der Waals surface area (Å²) in [5.74, 6) is 1.86. The molecule has 2 heterocycles. The van der Waals surface area contributed by atoms with E-state index in [1.807, 2.05) is 24.3 Å². The van der Waals surface area contributed by atoms with Crippen LogP contribution in [0.15, 0.2) is 24.3 Å². The van der Waals surface area contributed by atoms with Gasteiger partial charge in [0.1, 0.15) is 12.4 Å². The molecule has 3 aliphatic rings. The van der Waals surface area contributed by atoms with Crippen molar-refractivity contribution in [3.8, 4) is 5.75 Å². The molecule has 16 heavy (non-hydrogen) atoms. The van der Waals surface area contributed by atoms with Crippen LogP contribution in [0.4, 0.5) is 0 Å². The number of piperidine rings is 2. The number of rotatable bonds is 3. The minimum atomic E-state index is 0.535. The third-order valence-electron chi connectivity index (χ3n) is 3.59. The van der Waals surface area contributed by atoms with Crippen LogP contribution < -0.4 is 10.1 Å². The lowest BCUT2D eigenvalue weighted by Crippen LogP contribution is -2.55. The van der Waals surface area contributed by atoms with Gasteiger partial charge < -0.3 is 10.1 Å². The first kappa shape index (κ1) is 10.4. The second-order valence-electron chi connectivity index (χ2n) is 4.90. The first-order valence-electron chi connectivity index (χ1n) is 5.94. The van der Waals surface area contributed by atoms with Crippen LogP contribution in [0, 0.1) is 5.92 Å². The van der Waals surface area contributed by atoms with Crippen molar-refractivity contribution in [1.29, 1.82) is 0 Å². The summed E-state index contributed by atoms with van der Waals surface area (Å²) in [5, 5.41) is 4.37. The summed E-state index contributed by atoms with van der Waals surface area (Å²) in [7, 11) is 0. The zero-order chi connectivity index (χ0) is 11.0. The Morgan fingerprint density at radius 3 is 2.56 bits per heavy atom. The van der Waals surface area contributed by atoms with Gasteiger partial charge in [-0.05, 0) is 49.4 Å². The van der Waals surface area contributed by atoms with Crippen LogP contribution in [0.5, 0.6) is 5.75 Å². The topological polar surface area (TPSA) is 21.3 Å². The zero-order valence-corrected chi connectivity index (χ0v) is 9.91. The van der Waals surface area contributed by atoms with E-state index in [1.165, 1.54) is 19.3 Å². The van der Waals surface area contributed by atoms with E-state index >= 15 is 0 Å². The highest BCUT2D eigenvalue weighted by Crippen LogP contribution is 2.36. The van der Waals surface area contributed by atoms with E-state index in [1.54, 1.807) is 0 Å². The summed E-state index contributed by atoms with van der Waals surface area (Å²) in [4.78, 5) is 0. The van der Waals surface area contributed by atoms with E-state index < -0.39 is 0 Å². The molecule has 1 unspecified atom stereocenters. The smallest absolute Gasteiger partial charge is 0.119 e. The molecule has 3 fully saturated rings. The van der Waals surface area contributed by atoms with Crippen LogP contribution in [-0.4, -0.2) is 18.7 Å². The number of benzene rings is 1. The molecule has 1 aliphatic carbocycles. The maximum Gasteiger partial charge on any atom is 0.119 e. The number of nitrogens with one attached hydrogen (secondary N) is 1. The maximum absolute atomic E-state index is 5.82. The minimum absolute atomic E-state index is 0.535. The molecule has 1 atom stereocenters. The molecule has 2 bridgehead atoms. The van der Waals surface area contributed by atoms with Crippen LogP contribution in [0.1, 0.15) is 19.3 Å². The Hall–Kier alpha value is -0.730. The lowest BCUT2D eigenvalue weighted by atomic mass is 9.72. The van der Waals surface area contributed by atoms with Gasteiger partial charge in [-0.2, -0.15) is 0 Å². The van der Waals surface area contributed by atoms with Gasteiger partial charge in [0, 0.05) is 17.1 Å². The summed E-state index contributed by atoms with van der Waals surface area (Å²) < 4.78 is 5.75. The summed E-state index contributed by atoms with van der Waals surface area (Å²) in [6.07, 6.45) is 4.01. The molecular weight excluding hydrogens is 222 g/mol. The molecule has 0 amide bonds. The van der Waals surface area contributed by atoms with Crippen LogP contribution in [0.3, 0.4) is 0 Å². The Labute approximate surface area is 101 Å². The van der Waals surface area contributed by atoms with Crippen molar-refractivity contribution in [2.75, 3.05) is 6.61 Å². The van der Waals surface area contributed by atoms with E-state index in [2.05, 4.69) is 5.32 Å². The van der Waals surface area contributed by atoms with E-state index in [-0.39, 0.29) is 0 Å². The van der Waals surface area contributed by atoms with Gasteiger partial charge in [0.25, 0.3) is 0 Å². The molecule has 1 aromatic rings. The molecule has 1 saturated carbocycles. The molecule has 86 valence electrons. The first-order valence-corrected chi connectivity index (χ1v) is 6.32. The Morgan fingerprint density at radius 1 is 1.19 bits per heavy atom. The Balaban J connectivity index is 1.51. The Morgan fingerprint density at radius 2 is 1.94 bits per heavy atom. The molecule has 3 heteroatoms. The first-order chi connectivity index (χ1) is 7.79. The van der Waals surface area contributed by atoms with Crippen molar-refractivity contribution in [1.82, 2.24) is 5.32 Å². The van der Waals surface area contributed by atoms with Crippen molar-refractivity contribution in [3.63, 3.8) is 0 Å². The number of hydrogen-bond acceptors (Lipinski definition) is 2. The van der Waals surface area contributed by atoms with Gasteiger partial charge in [0.15, 0.2) is 0 Å². The zero-order valence-electron chi connectivity index (χ0n) is 9.16. The third-order valence-corrected chi connectivity index (χ3v) is 3.84. The molecule has 0 radical (unpaired) electrons. The van der Waals surface area contributed by atoms with Crippen LogP contribution in [0.25, 0.3) is 0 Å². The third kappa shape index (κ3) is 2.18. The van der Waals surface area contributed by atoms with E-state index in [9.17, 15) is 0 Å². The van der Waals surface area contributed by atoms with E-state index in [0.717, 1.165) is 29.3 Å².